The highest BCUT2D eigenvalue weighted by molar-refractivity contribution is 8.14. The molecule has 0 radical (unpaired) electrons. The van der Waals surface area contributed by atoms with E-state index in [0.29, 0.717) is 29.2 Å². The lowest BCUT2D eigenvalue weighted by Crippen LogP contribution is -2.29. The zero-order chi connectivity index (χ0) is 18.5. The maximum atomic E-state index is 5.43. The van der Waals surface area contributed by atoms with Gasteiger partial charge in [0, 0.05) is 11.3 Å². The predicted octanol–water partition coefficient (Wildman–Crippen LogP) is 4.11. The monoisotopic (exact) mass is 413 g/mol. The number of thioether (sulfide) groups is 1. The number of aliphatic imine (C=N–C) groups is 1. The Morgan fingerprint density at radius 1 is 1.07 bits per heavy atom. The normalized spacial score (nSPS) is 23.7. The summed E-state index contributed by atoms with van der Waals surface area (Å²) in [6.07, 6.45) is 5.05. The molecule has 27 heavy (non-hydrogen) atoms. The molecule has 1 aromatic rings. The summed E-state index contributed by atoms with van der Waals surface area (Å²) < 4.78 is 16.2. The summed E-state index contributed by atoms with van der Waals surface area (Å²) >= 11 is 1.69. The topological polar surface area (TPSA) is 64.4 Å². The first-order valence-electron chi connectivity index (χ1n) is 8.99. The molecule has 1 saturated carbocycles. The molecule has 0 saturated heterocycles. The van der Waals surface area contributed by atoms with Crippen LogP contribution < -0.4 is 19.6 Å². The van der Waals surface area contributed by atoms with Gasteiger partial charge in [0.2, 0.25) is 5.75 Å². The second-order valence-electron chi connectivity index (χ2n) is 6.64. The van der Waals surface area contributed by atoms with Crippen LogP contribution in [0.1, 0.15) is 38.2 Å². The third-order valence-corrected chi connectivity index (χ3v) is 5.87. The van der Waals surface area contributed by atoms with Gasteiger partial charge in [-0.1, -0.05) is 31.5 Å². The molecule has 2 atom stereocenters. The third-order valence-electron chi connectivity index (χ3n) is 4.98. The quantitative estimate of drug-likeness (QED) is 0.786. The van der Waals surface area contributed by atoms with Crippen molar-refractivity contribution < 1.29 is 14.2 Å². The van der Waals surface area contributed by atoms with Crippen LogP contribution in [0.15, 0.2) is 22.2 Å². The Morgan fingerprint density at radius 2 is 1.74 bits per heavy atom. The molecule has 0 amide bonds. The second-order valence-corrected chi connectivity index (χ2v) is 7.60. The van der Waals surface area contributed by atoms with E-state index in [0.717, 1.165) is 22.2 Å². The molecule has 150 valence electrons. The lowest BCUT2D eigenvalue weighted by atomic mass is 9.86. The summed E-state index contributed by atoms with van der Waals surface area (Å²) in [5.41, 5.74) is 5.01. The van der Waals surface area contributed by atoms with Gasteiger partial charge in [0.1, 0.15) is 0 Å². The van der Waals surface area contributed by atoms with Gasteiger partial charge in [-0.3, -0.25) is 10.4 Å². The molecule has 6 nitrogen and oxygen atoms in total. The SMILES string of the molecule is COc1cc(C2=NNC(=NC3CCCCC3C)SC2)cc(OC)c1OC.Cl. The van der Waals surface area contributed by atoms with Gasteiger partial charge in [-0.15, -0.1) is 12.4 Å². The summed E-state index contributed by atoms with van der Waals surface area (Å²) in [5.74, 6) is 3.25. The van der Waals surface area contributed by atoms with Crippen LogP contribution in [0, 0.1) is 5.92 Å². The van der Waals surface area contributed by atoms with E-state index in [1.54, 1.807) is 33.1 Å². The van der Waals surface area contributed by atoms with Crippen LogP contribution in [-0.2, 0) is 0 Å². The molecule has 1 aliphatic heterocycles. The number of amidine groups is 1. The molecule has 1 aliphatic carbocycles. The third kappa shape index (κ3) is 5.02. The van der Waals surface area contributed by atoms with Crippen molar-refractivity contribution in [2.75, 3.05) is 27.1 Å². The maximum absolute atomic E-state index is 5.43. The van der Waals surface area contributed by atoms with E-state index in [1.807, 2.05) is 12.1 Å². The van der Waals surface area contributed by atoms with Crippen molar-refractivity contribution in [3.63, 3.8) is 0 Å². The van der Waals surface area contributed by atoms with E-state index in [9.17, 15) is 0 Å². The number of nitrogens with one attached hydrogen (secondary N) is 1. The fraction of sp³-hybridized carbons (Fsp3) is 0.579. The Bertz CT molecular complexity index is 686. The van der Waals surface area contributed by atoms with Gasteiger partial charge < -0.3 is 14.2 Å². The standard InChI is InChI=1S/C19H27N3O3S.ClH/c1-12-7-5-6-8-14(12)20-19-22-21-15(11-26-19)13-9-16(23-2)18(25-4)17(10-13)24-3;/h9-10,12,14H,5-8,11H2,1-4H3,(H,20,22);1H. The van der Waals surface area contributed by atoms with Crippen LogP contribution in [0.4, 0.5) is 0 Å². The first kappa shape index (κ1) is 21.7. The summed E-state index contributed by atoms with van der Waals surface area (Å²) in [4.78, 5) is 4.89. The molecule has 1 aromatic carbocycles. The molecular weight excluding hydrogens is 386 g/mol. The maximum Gasteiger partial charge on any atom is 0.203 e. The van der Waals surface area contributed by atoms with Gasteiger partial charge in [-0.25, -0.2) is 0 Å². The summed E-state index contributed by atoms with van der Waals surface area (Å²) in [6.45, 7) is 2.30. The summed E-state index contributed by atoms with van der Waals surface area (Å²) in [7, 11) is 4.84. The van der Waals surface area contributed by atoms with Crippen LogP contribution in [0.2, 0.25) is 0 Å². The highest BCUT2D eigenvalue weighted by Crippen LogP contribution is 2.38. The molecule has 0 spiro atoms. The first-order valence-corrected chi connectivity index (χ1v) is 9.98. The number of rotatable bonds is 5. The van der Waals surface area contributed by atoms with Crippen LogP contribution in [0.5, 0.6) is 17.2 Å². The highest BCUT2D eigenvalue weighted by atomic mass is 35.5. The van der Waals surface area contributed by atoms with E-state index in [2.05, 4.69) is 17.5 Å². The van der Waals surface area contributed by atoms with Crippen LogP contribution in [0.3, 0.4) is 0 Å². The van der Waals surface area contributed by atoms with Crippen molar-refractivity contribution in [2.24, 2.45) is 16.0 Å². The number of methoxy groups -OCH3 is 3. The van der Waals surface area contributed by atoms with Crippen molar-refractivity contribution in [1.29, 1.82) is 0 Å². The van der Waals surface area contributed by atoms with Crippen LogP contribution in [-0.4, -0.2) is 44.0 Å². The Hall–Kier alpha value is -1.60. The van der Waals surface area contributed by atoms with Crippen LogP contribution >= 0.6 is 24.2 Å². The average Bonchev–Trinajstić information content (AvgIpc) is 2.69. The van der Waals surface area contributed by atoms with E-state index in [-0.39, 0.29) is 12.4 Å². The minimum atomic E-state index is 0. The number of benzene rings is 1. The summed E-state index contributed by atoms with van der Waals surface area (Å²) in [6, 6.07) is 4.26. The predicted molar refractivity (Wildman–Crippen MR) is 114 cm³/mol. The number of nitrogens with zero attached hydrogens (tertiary/aromatic N) is 2. The smallest absolute Gasteiger partial charge is 0.203 e. The van der Waals surface area contributed by atoms with Gasteiger partial charge in [-0.05, 0) is 30.9 Å². The zero-order valence-electron chi connectivity index (χ0n) is 16.3. The molecule has 2 aliphatic rings. The van der Waals surface area contributed by atoms with E-state index in [4.69, 9.17) is 19.2 Å². The number of halogens is 1. The number of ether oxygens (including phenoxy) is 3. The average molecular weight is 414 g/mol. The molecule has 2 unspecified atom stereocenters. The fourth-order valence-electron chi connectivity index (χ4n) is 3.42. The van der Waals surface area contributed by atoms with E-state index < -0.39 is 0 Å². The Kier molecular flexibility index (Phi) is 8.10. The number of hydrogen-bond donors (Lipinski definition) is 1. The van der Waals surface area contributed by atoms with E-state index in [1.165, 1.54) is 25.7 Å². The second kappa shape index (κ2) is 10.1. The van der Waals surface area contributed by atoms with Crippen molar-refractivity contribution in [1.82, 2.24) is 5.43 Å². The molecule has 1 N–H and O–H groups in total. The van der Waals surface area contributed by atoms with Gasteiger partial charge in [0.25, 0.3) is 0 Å². The Morgan fingerprint density at radius 3 is 2.26 bits per heavy atom. The first-order chi connectivity index (χ1) is 12.7. The zero-order valence-corrected chi connectivity index (χ0v) is 17.9. The molecule has 1 heterocycles. The molecule has 3 rings (SSSR count). The lowest BCUT2D eigenvalue weighted by Gasteiger charge is -2.26. The molecule has 0 bridgehead atoms. The van der Waals surface area contributed by atoms with Crippen molar-refractivity contribution in [3.05, 3.63) is 17.7 Å². The fourth-order valence-corrected chi connectivity index (χ4v) is 4.24. The largest absolute Gasteiger partial charge is 0.493 e. The molecular formula is C19H28ClN3O3S. The van der Waals surface area contributed by atoms with Crippen molar-refractivity contribution in [3.8, 4) is 17.2 Å². The van der Waals surface area contributed by atoms with Crippen LogP contribution in [0.25, 0.3) is 0 Å². The minimum absolute atomic E-state index is 0. The van der Waals surface area contributed by atoms with Gasteiger partial charge in [0.15, 0.2) is 16.7 Å². The molecule has 1 fully saturated rings. The highest BCUT2D eigenvalue weighted by Gasteiger charge is 2.23. The Labute approximate surface area is 171 Å². The van der Waals surface area contributed by atoms with Crippen molar-refractivity contribution in [2.45, 2.75) is 38.6 Å². The Balaban J connectivity index is 0.00000261. The van der Waals surface area contributed by atoms with Crippen molar-refractivity contribution >= 4 is 35.0 Å². The van der Waals surface area contributed by atoms with Gasteiger partial charge >= 0.3 is 0 Å². The molecule has 0 aromatic heterocycles. The van der Waals surface area contributed by atoms with E-state index >= 15 is 0 Å². The van der Waals surface area contributed by atoms with Gasteiger partial charge in [-0.2, -0.15) is 5.10 Å². The number of hydrazone groups is 1. The molecule has 8 heteroatoms. The summed E-state index contributed by atoms with van der Waals surface area (Å²) in [5, 5.41) is 5.46. The number of hydrogen-bond acceptors (Lipinski definition) is 6. The van der Waals surface area contributed by atoms with Gasteiger partial charge in [0.05, 0.1) is 33.1 Å². The minimum Gasteiger partial charge on any atom is -0.493 e. The lowest BCUT2D eigenvalue weighted by molar-refractivity contribution is 0.324.